The Balaban J connectivity index is 1.90. The fourth-order valence-corrected chi connectivity index (χ4v) is 3.57. The van der Waals surface area contributed by atoms with Gasteiger partial charge in [0.05, 0.1) is 0 Å². The second kappa shape index (κ2) is 7.20. The summed E-state index contributed by atoms with van der Waals surface area (Å²) >= 11 is 8.13. The number of nitrogens with one attached hydrogen (secondary N) is 1. The fourth-order valence-electron chi connectivity index (χ4n) is 2.54. The molecule has 1 fully saturated rings. The number of hydrogen-bond acceptors (Lipinski definition) is 2. The SMILES string of the molecule is CSC1CCCC(NC(=O)C(Cl)c2ccccc2)C1. The molecule has 1 saturated carbocycles. The van der Waals surface area contributed by atoms with Gasteiger partial charge >= 0.3 is 0 Å². The Hall–Kier alpha value is -0.670. The van der Waals surface area contributed by atoms with Crippen molar-refractivity contribution in [1.82, 2.24) is 5.32 Å². The van der Waals surface area contributed by atoms with Gasteiger partial charge < -0.3 is 5.32 Å². The van der Waals surface area contributed by atoms with Gasteiger partial charge in [-0.25, -0.2) is 0 Å². The van der Waals surface area contributed by atoms with Crippen LogP contribution in [0.5, 0.6) is 0 Å². The highest BCUT2D eigenvalue weighted by atomic mass is 35.5. The van der Waals surface area contributed by atoms with E-state index in [4.69, 9.17) is 11.6 Å². The lowest BCUT2D eigenvalue weighted by atomic mass is 9.94. The van der Waals surface area contributed by atoms with E-state index in [0.29, 0.717) is 5.25 Å². The van der Waals surface area contributed by atoms with Crippen LogP contribution in [0.15, 0.2) is 30.3 Å². The van der Waals surface area contributed by atoms with Crippen LogP contribution in [-0.2, 0) is 4.79 Å². The lowest BCUT2D eigenvalue weighted by Crippen LogP contribution is -2.40. The second-order valence-corrected chi connectivity index (χ2v) is 6.58. The maximum Gasteiger partial charge on any atom is 0.242 e. The first-order valence-corrected chi connectivity index (χ1v) is 8.45. The maximum atomic E-state index is 12.2. The first kappa shape index (κ1) is 14.7. The summed E-state index contributed by atoms with van der Waals surface area (Å²) in [5.74, 6) is -0.0698. The predicted octanol–water partition coefficient (Wildman–Crippen LogP) is 3.76. The molecule has 1 aliphatic rings. The van der Waals surface area contributed by atoms with E-state index in [-0.39, 0.29) is 11.9 Å². The molecular formula is C15H20ClNOS. The van der Waals surface area contributed by atoms with Gasteiger partial charge in [0.25, 0.3) is 0 Å². The topological polar surface area (TPSA) is 29.1 Å². The Morgan fingerprint density at radius 3 is 2.79 bits per heavy atom. The van der Waals surface area contributed by atoms with Crippen molar-refractivity contribution in [3.05, 3.63) is 35.9 Å². The number of hydrogen-bond donors (Lipinski definition) is 1. The van der Waals surface area contributed by atoms with Crippen molar-refractivity contribution in [2.45, 2.75) is 42.4 Å². The van der Waals surface area contributed by atoms with E-state index < -0.39 is 5.38 Å². The molecule has 0 aliphatic heterocycles. The quantitative estimate of drug-likeness (QED) is 0.858. The van der Waals surface area contributed by atoms with Gasteiger partial charge in [0.2, 0.25) is 5.91 Å². The van der Waals surface area contributed by atoms with Crippen molar-refractivity contribution in [3.8, 4) is 0 Å². The molecule has 0 radical (unpaired) electrons. The molecule has 1 aliphatic carbocycles. The minimum Gasteiger partial charge on any atom is -0.352 e. The number of alkyl halides is 1. The van der Waals surface area contributed by atoms with Gasteiger partial charge in [0, 0.05) is 11.3 Å². The summed E-state index contributed by atoms with van der Waals surface area (Å²) in [5, 5.41) is 3.18. The molecule has 4 heteroatoms. The van der Waals surface area contributed by atoms with Gasteiger partial charge in [-0.1, -0.05) is 36.8 Å². The van der Waals surface area contributed by atoms with Crippen molar-refractivity contribution in [2.75, 3.05) is 6.26 Å². The highest BCUT2D eigenvalue weighted by Crippen LogP contribution is 2.28. The molecule has 3 atom stereocenters. The number of carbonyl (C=O) groups excluding carboxylic acids is 1. The van der Waals surface area contributed by atoms with Crippen LogP contribution in [0, 0.1) is 0 Å². The van der Waals surface area contributed by atoms with Crippen molar-refractivity contribution < 1.29 is 4.79 Å². The Labute approximate surface area is 124 Å². The van der Waals surface area contributed by atoms with E-state index in [0.717, 1.165) is 18.4 Å². The average Bonchev–Trinajstić information content (AvgIpc) is 2.47. The first-order chi connectivity index (χ1) is 9.20. The molecule has 104 valence electrons. The summed E-state index contributed by atoms with van der Waals surface area (Å²) in [6.07, 6.45) is 6.72. The molecule has 3 unspecified atom stereocenters. The Kier molecular flexibility index (Phi) is 5.59. The molecule has 2 rings (SSSR count). The first-order valence-electron chi connectivity index (χ1n) is 6.73. The average molecular weight is 298 g/mol. The van der Waals surface area contributed by atoms with Gasteiger partial charge in [-0.15, -0.1) is 11.6 Å². The van der Waals surface area contributed by atoms with E-state index in [1.165, 1.54) is 12.8 Å². The lowest BCUT2D eigenvalue weighted by molar-refractivity contribution is -0.121. The van der Waals surface area contributed by atoms with E-state index in [9.17, 15) is 4.79 Å². The van der Waals surface area contributed by atoms with E-state index in [2.05, 4.69) is 11.6 Å². The van der Waals surface area contributed by atoms with Crippen LogP contribution in [0.3, 0.4) is 0 Å². The van der Waals surface area contributed by atoms with Gasteiger partial charge in [-0.3, -0.25) is 4.79 Å². The second-order valence-electron chi connectivity index (χ2n) is 5.00. The molecule has 2 nitrogen and oxygen atoms in total. The third-order valence-corrected chi connectivity index (χ3v) is 5.17. The van der Waals surface area contributed by atoms with Crippen molar-refractivity contribution >= 4 is 29.3 Å². The molecule has 19 heavy (non-hydrogen) atoms. The molecule has 0 bridgehead atoms. The zero-order valence-electron chi connectivity index (χ0n) is 11.1. The van der Waals surface area contributed by atoms with Crippen molar-refractivity contribution in [1.29, 1.82) is 0 Å². The third-order valence-electron chi connectivity index (χ3n) is 3.63. The number of rotatable bonds is 4. The van der Waals surface area contributed by atoms with E-state index in [1.807, 2.05) is 42.1 Å². The Bertz CT molecular complexity index is 412. The smallest absolute Gasteiger partial charge is 0.242 e. The highest BCUT2D eigenvalue weighted by Gasteiger charge is 2.25. The zero-order valence-corrected chi connectivity index (χ0v) is 12.7. The number of benzene rings is 1. The van der Waals surface area contributed by atoms with E-state index in [1.54, 1.807) is 0 Å². The van der Waals surface area contributed by atoms with Crippen LogP contribution in [0.2, 0.25) is 0 Å². The van der Waals surface area contributed by atoms with E-state index >= 15 is 0 Å². The van der Waals surface area contributed by atoms with Crippen molar-refractivity contribution in [3.63, 3.8) is 0 Å². The summed E-state index contributed by atoms with van der Waals surface area (Å²) < 4.78 is 0. The number of amides is 1. The molecule has 0 spiro atoms. The maximum absolute atomic E-state index is 12.2. The summed E-state index contributed by atoms with van der Waals surface area (Å²) in [4.78, 5) is 12.2. The summed E-state index contributed by atoms with van der Waals surface area (Å²) in [6.45, 7) is 0. The van der Waals surface area contributed by atoms with Gasteiger partial charge in [-0.05, 0) is 31.1 Å². The molecule has 1 aromatic rings. The largest absolute Gasteiger partial charge is 0.352 e. The molecule has 0 saturated heterocycles. The minimum atomic E-state index is -0.587. The summed E-state index contributed by atoms with van der Waals surface area (Å²) in [7, 11) is 0. The van der Waals surface area contributed by atoms with Crippen molar-refractivity contribution in [2.24, 2.45) is 0 Å². The normalized spacial score (nSPS) is 24.7. The molecule has 1 amide bonds. The fraction of sp³-hybridized carbons (Fsp3) is 0.533. The molecule has 0 aromatic heterocycles. The zero-order chi connectivity index (χ0) is 13.7. The Morgan fingerprint density at radius 2 is 2.11 bits per heavy atom. The monoisotopic (exact) mass is 297 g/mol. The molecule has 1 N–H and O–H groups in total. The third kappa shape index (κ3) is 4.15. The van der Waals surface area contributed by atoms with Gasteiger partial charge in [0.15, 0.2) is 0 Å². The number of thioether (sulfide) groups is 1. The van der Waals surface area contributed by atoms with Gasteiger partial charge in [-0.2, -0.15) is 11.8 Å². The molecule has 0 heterocycles. The minimum absolute atomic E-state index is 0.0698. The van der Waals surface area contributed by atoms with Crippen LogP contribution in [0.25, 0.3) is 0 Å². The molecular weight excluding hydrogens is 278 g/mol. The lowest BCUT2D eigenvalue weighted by Gasteiger charge is -2.29. The molecule has 1 aromatic carbocycles. The Morgan fingerprint density at radius 1 is 1.37 bits per heavy atom. The highest BCUT2D eigenvalue weighted by molar-refractivity contribution is 7.99. The number of carbonyl (C=O) groups is 1. The number of halogens is 1. The van der Waals surface area contributed by atoms with Crippen LogP contribution in [0.4, 0.5) is 0 Å². The predicted molar refractivity (Wildman–Crippen MR) is 82.7 cm³/mol. The van der Waals surface area contributed by atoms with Crippen LogP contribution in [0.1, 0.15) is 36.6 Å². The van der Waals surface area contributed by atoms with Crippen LogP contribution >= 0.6 is 23.4 Å². The van der Waals surface area contributed by atoms with Crippen LogP contribution < -0.4 is 5.32 Å². The van der Waals surface area contributed by atoms with Crippen LogP contribution in [-0.4, -0.2) is 23.5 Å². The standard InChI is InChI=1S/C15H20ClNOS/c1-19-13-9-5-8-12(10-13)17-15(18)14(16)11-6-3-2-4-7-11/h2-4,6-7,12-14H,5,8-10H2,1H3,(H,17,18). The van der Waals surface area contributed by atoms with Gasteiger partial charge in [0.1, 0.15) is 5.38 Å². The summed E-state index contributed by atoms with van der Waals surface area (Å²) in [6, 6.07) is 9.80. The summed E-state index contributed by atoms with van der Waals surface area (Å²) in [5.41, 5.74) is 0.860.